The number of fused-ring (bicyclic) bond motifs is 5. The van der Waals surface area contributed by atoms with Gasteiger partial charge < -0.3 is 19.1 Å². The molecule has 33 heavy (non-hydrogen) atoms. The van der Waals surface area contributed by atoms with Gasteiger partial charge in [-0.05, 0) is 42.7 Å². The van der Waals surface area contributed by atoms with Crippen LogP contribution in [0.15, 0.2) is 29.1 Å². The van der Waals surface area contributed by atoms with E-state index in [2.05, 4.69) is 0 Å². The van der Waals surface area contributed by atoms with Gasteiger partial charge in [0.15, 0.2) is 0 Å². The summed E-state index contributed by atoms with van der Waals surface area (Å²) in [4.78, 5) is 43.5. The van der Waals surface area contributed by atoms with E-state index in [1.165, 1.54) is 0 Å². The Morgan fingerprint density at radius 3 is 2.70 bits per heavy atom. The minimum atomic E-state index is -1.66. The quantitative estimate of drug-likeness (QED) is 0.477. The van der Waals surface area contributed by atoms with E-state index in [-0.39, 0.29) is 30.8 Å². The molecule has 0 amide bonds. The summed E-state index contributed by atoms with van der Waals surface area (Å²) >= 11 is 0. The first-order valence-corrected chi connectivity index (χ1v) is 11.2. The van der Waals surface area contributed by atoms with Crippen molar-refractivity contribution in [3.05, 3.63) is 56.9 Å². The van der Waals surface area contributed by atoms with Crippen molar-refractivity contribution in [1.82, 2.24) is 9.55 Å². The summed E-state index contributed by atoms with van der Waals surface area (Å²) in [5.41, 5.74) is 2.62. The van der Waals surface area contributed by atoms with Gasteiger partial charge in [-0.3, -0.25) is 9.59 Å². The lowest BCUT2D eigenvalue weighted by Crippen LogP contribution is -2.47. The van der Waals surface area contributed by atoms with E-state index in [1.807, 2.05) is 6.92 Å². The summed E-state index contributed by atoms with van der Waals surface area (Å²) in [6.45, 7) is 5.56. The predicted octanol–water partition coefficient (Wildman–Crippen LogP) is 3.31. The summed E-state index contributed by atoms with van der Waals surface area (Å²) in [7, 11) is 0. The molecule has 1 aromatic carbocycles. The largest absolute Gasteiger partial charge is 0.508 e. The van der Waals surface area contributed by atoms with Crippen LogP contribution in [0.3, 0.4) is 0 Å². The number of pyridine rings is 2. The molecule has 5 rings (SSSR count). The monoisotopic (exact) mass is 448 g/mol. The molecule has 0 unspecified atom stereocenters. The molecule has 1 atom stereocenters. The second-order valence-electron chi connectivity index (χ2n) is 8.37. The van der Waals surface area contributed by atoms with E-state index in [4.69, 9.17) is 14.5 Å². The van der Waals surface area contributed by atoms with E-state index in [0.717, 1.165) is 16.5 Å². The first kappa shape index (κ1) is 21.2. The molecule has 2 aromatic heterocycles. The second kappa shape index (κ2) is 7.43. The van der Waals surface area contributed by atoms with Gasteiger partial charge in [-0.1, -0.05) is 20.8 Å². The molecule has 0 saturated heterocycles. The number of aromatic hydroxyl groups is 1. The van der Waals surface area contributed by atoms with Crippen LogP contribution in [0.4, 0.5) is 0 Å². The molecule has 0 fully saturated rings. The molecule has 4 heterocycles. The average Bonchev–Trinajstić information content (AvgIpc) is 3.18. The predicted molar refractivity (Wildman–Crippen MR) is 120 cm³/mol. The minimum Gasteiger partial charge on any atom is -0.508 e. The normalized spacial score (nSPS) is 18.5. The number of carbonyl (C=O) groups is 2. The van der Waals surface area contributed by atoms with Crippen LogP contribution in [-0.4, -0.2) is 26.6 Å². The zero-order valence-corrected chi connectivity index (χ0v) is 18.7. The molecule has 0 bridgehead atoms. The number of cyclic esters (lactones) is 1. The highest BCUT2D eigenvalue weighted by molar-refractivity contribution is 5.90. The summed E-state index contributed by atoms with van der Waals surface area (Å²) in [6.07, 6.45) is 0.935. The lowest BCUT2D eigenvalue weighted by Gasteiger charge is -2.35. The van der Waals surface area contributed by atoms with Crippen LogP contribution >= 0.6 is 0 Å². The minimum absolute atomic E-state index is 0.0946. The Hall–Kier alpha value is -3.68. The number of phenols is 1. The molecule has 2 aliphatic heterocycles. The summed E-state index contributed by atoms with van der Waals surface area (Å²) in [5.74, 6) is -1.05. The molecule has 0 spiro atoms. The standard InChI is InChI=1S/C25H24N2O6/c1-4-14-15-9-13(28)7-8-19(15)26-22-16(14)11-27-20(22)10-18-17(23(27)30)12-32-24(31)25(18,6-3)33-21(29)5-2/h7-10,28H,4-6,11-12H2,1-3H3/t25-/m0/s1. The van der Waals surface area contributed by atoms with Crippen LogP contribution in [0.1, 0.15) is 55.9 Å². The molecule has 2 aliphatic rings. The first-order valence-electron chi connectivity index (χ1n) is 11.2. The van der Waals surface area contributed by atoms with Crippen LogP contribution in [-0.2, 0) is 44.2 Å². The van der Waals surface area contributed by atoms with E-state index in [0.29, 0.717) is 41.0 Å². The van der Waals surface area contributed by atoms with E-state index in [1.54, 1.807) is 42.7 Å². The second-order valence-corrected chi connectivity index (χ2v) is 8.37. The fraction of sp³-hybridized carbons (Fsp3) is 0.360. The average molecular weight is 448 g/mol. The molecule has 8 nitrogen and oxygen atoms in total. The maximum atomic E-state index is 13.6. The molecule has 3 aromatic rings. The lowest BCUT2D eigenvalue weighted by molar-refractivity contribution is -0.189. The molecular weight excluding hydrogens is 424 g/mol. The number of aromatic nitrogens is 2. The van der Waals surface area contributed by atoms with E-state index in [9.17, 15) is 19.5 Å². The van der Waals surface area contributed by atoms with Crippen molar-refractivity contribution in [1.29, 1.82) is 0 Å². The van der Waals surface area contributed by atoms with Crippen molar-refractivity contribution in [3.63, 3.8) is 0 Å². The van der Waals surface area contributed by atoms with Gasteiger partial charge in [0, 0.05) is 22.9 Å². The zero-order chi connectivity index (χ0) is 23.5. The van der Waals surface area contributed by atoms with Gasteiger partial charge in [0.25, 0.3) is 5.56 Å². The smallest absolute Gasteiger partial charge is 0.355 e. The Morgan fingerprint density at radius 1 is 1.21 bits per heavy atom. The van der Waals surface area contributed by atoms with Gasteiger partial charge in [-0.2, -0.15) is 0 Å². The van der Waals surface area contributed by atoms with Crippen molar-refractivity contribution in [2.45, 2.75) is 58.8 Å². The summed E-state index contributed by atoms with van der Waals surface area (Å²) in [6, 6.07) is 6.78. The van der Waals surface area contributed by atoms with Gasteiger partial charge in [-0.25, -0.2) is 9.78 Å². The molecular formula is C25H24N2O6. The molecule has 8 heteroatoms. The third kappa shape index (κ3) is 2.90. The number of hydrogen-bond donors (Lipinski definition) is 1. The fourth-order valence-corrected chi connectivity index (χ4v) is 4.98. The highest BCUT2D eigenvalue weighted by Crippen LogP contribution is 2.42. The summed E-state index contributed by atoms with van der Waals surface area (Å²) in [5, 5.41) is 10.8. The van der Waals surface area contributed by atoms with Gasteiger partial charge in [0.05, 0.1) is 29.0 Å². The van der Waals surface area contributed by atoms with Gasteiger partial charge >= 0.3 is 11.9 Å². The summed E-state index contributed by atoms with van der Waals surface area (Å²) < 4.78 is 12.6. The third-order valence-electron chi connectivity index (χ3n) is 6.69. The number of esters is 2. The topological polar surface area (TPSA) is 108 Å². The zero-order valence-electron chi connectivity index (χ0n) is 18.7. The number of aryl methyl sites for hydroxylation is 1. The first-order chi connectivity index (χ1) is 15.8. The van der Waals surface area contributed by atoms with E-state index < -0.39 is 17.5 Å². The van der Waals surface area contributed by atoms with Crippen LogP contribution in [0.2, 0.25) is 0 Å². The number of carbonyl (C=O) groups excluding carboxylic acids is 2. The van der Waals surface area contributed by atoms with Crippen LogP contribution in [0.5, 0.6) is 5.75 Å². The van der Waals surface area contributed by atoms with Crippen molar-refractivity contribution in [3.8, 4) is 17.1 Å². The van der Waals surface area contributed by atoms with Crippen LogP contribution < -0.4 is 5.56 Å². The fourth-order valence-electron chi connectivity index (χ4n) is 4.98. The number of nitrogens with zero attached hydrogens (tertiary/aromatic N) is 2. The molecule has 0 saturated carbocycles. The van der Waals surface area contributed by atoms with Crippen LogP contribution in [0.25, 0.3) is 22.3 Å². The van der Waals surface area contributed by atoms with Crippen molar-refractivity contribution < 1.29 is 24.2 Å². The molecule has 0 radical (unpaired) electrons. The lowest BCUT2D eigenvalue weighted by atomic mass is 9.85. The maximum Gasteiger partial charge on any atom is 0.355 e. The highest BCUT2D eigenvalue weighted by Gasteiger charge is 2.50. The Bertz CT molecular complexity index is 1410. The van der Waals surface area contributed by atoms with E-state index >= 15 is 0 Å². The number of phenolic OH excluding ortho intramolecular Hbond substituents is 1. The molecule has 1 N–H and O–H groups in total. The van der Waals surface area contributed by atoms with Gasteiger partial charge in [-0.15, -0.1) is 0 Å². The maximum absolute atomic E-state index is 13.6. The number of rotatable bonds is 4. The highest BCUT2D eigenvalue weighted by atomic mass is 16.6. The van der Waals surface area contributed by atoms with Crippen molar-refractivity contribution >= 4 is 22.8 Å². The number of benzene rings is 1. The Morgan fingerprint density at radius 2 is 2.00 bits per heavy atom. The number of hydrogen-bond acceptors (Lipinski definition) is 7. The Kier molecular flexibility index (Phi) is 4.77. The number of ether oxygens (including phenoxy) is 2. The Labute approximate surface area is 189 Å². The van der Waals surface area contributed by atoms with Gasteiger partial charge in [0.2, 0.25) is 5.60 Å². The molecule has 170 valence electrons. The van der Waals surface area contributed by atoms with Gasteiger partial charge in [0.1, 0.15) is 12.4 Å². The van der Waals surface area contributed by atoms with Crippen LogP contribution in [0, 0.1) is 0 Å². The Balaban J connectivity index is 1.80. The third-order valence-corrected chi connectivity index (χ3v) is 6.69. The van der Waals surface area contributed by atoms with Crippen molar-refractivity contribution in [2.75, 3.05) is 0 Å². The van der Waals surface area contributed by atoms with Crippen molar-refractivity contribution in [2.24, 2.45) is 0 Å². The SMILES string of the molecule is CCC(=O)O[C@]1(CC)C(=O)OCc2c1cc1n(c2=O)Cc2c-1nc1ccc(O)cc1c2CC. The molecule has 0 aliphatic carbocycles.